The van der Waals surface area contributed by atoms with Crippen molar-refractivity contribution < 1.29 is 9.59 Å². The summed E-state index contributed by atoms with van der Waals surface area (Å²) < 4.78 is 0. The van der Waals surface area contributed by atoms with Crippen LogP contribution in [0, 0.1) is 6.92 Å². The predicted molar refractivity (Wildman–Crippen MR) is 112 cm³/mol. The number of nitrogens with one attached hydrogen (secondary N) is 2. The van der Waals surface area contributed by atoms with Crippen molar-refractivity contribution >= 4 is 40.8 Å². The molecule has 0 bridgehead atoms. The van der Waals surface area contributed by atoms with Gasteiger partial charge >= 0.3 is 0 Å². The minimum absolute atomic E-state index is 0.0563. The van der Waals surface area contributed by atoms with Crippen LogP contribution in [0.5, 0.6) is 0 Å². The van der Waals surface area contributed by atoms with Gasteiger partial charge in [0.1, 0.15) is 0 Å². The highest BCUT2D eigenvalue weighted by molar-refractivity contribution is 6.36. The van der Waals surface area contributed by atoms with Crippen molar-refractivity contribution in [1.29, 1.82) is 0 Å². The second-order valence-corrected chi connectivity index (χ2v) is 8.00. The Bertz CT molecular complexity index is 1010. The zero-order valence-electron chi connectivity index (χ0n) is 16.2. The Labute approximate surface area is 169 Å². The van der Waals surface area contributed by atoms with E-state index < -0.39 is 0 Å². The number of halogens is 1. The highest BCUT2D eigenvalue weighted by atomic mass is 35.5. The number of benzene rings is 1. The second-order valence-electron chi connectivity index (χ2n) is 7.56. The summed E-state index contributed by atoms with van der Waals surface area (Å²) in [6.45, 7) is 4.18. The number of carbonyl (C=O) groups is 2. The number of hydrogen-bond donors (Lipinski definition) is 2. The van der Waals surface area contributed by atoms with E-state index in [0.29, 0.717) is 23.7 Å². The van der Waals surface area contributed by atoms with Crippen molar-refractivity contribution in [3.05, 3.63) is 51.3 Å². The Hall–Kier alpha value is -2.57. The third-order valence-electron chi connectivity index (χ3n) is 5.37. The van der Waals surface area contributed by atoms with Crippen molar-refractivity contribution in [2.24, 2.45) is 0 Å². The SMILES string of the molecule is Cc1c(C=C2C(=O)Nc3ccc(Cl)cc32)[nH]c2c1C(=O)N(CCN(C)C)CC2. The Kier molecular flexibility index (Phi) is 4.77. The summed E-state index contributed by atoms with van der Waals surface area (Å²) >= 11 is 6.11. The van der Waals surface area contributed by atoms with Crippen molar-refractivity contribution in [3.63, 3.8) is 0 Å². The highest BCUT2D eigenvalue weighted by Gasteiger charge is 2.30. The van der Waals surface area contributed by atoms with Crippen LogP contribution in [0.25, 0.3) is 11.6 Å². The molecule has 2 N–H and O–H groups in total. The normalized spacial score (nSPS) is 17.3. The maximum absolute atomic E-state index is 13.0. The Morgan fingerprint density at radius 2 is 2.07 bits per heavy atom. The van der Waals surface area contributed by atoms with E-state index in [1.54, 1.807) is 18.2 Å². The van der Waals surface area contributed by atoms with Gasteiger partial charge in [0.2, 0.25) is 0 Å². The van der Waals surface area contributed by atoms with Crippen molar-refractivity contribution in [2.45, 2.75) is 13.3 Å². The summed E-state index contributed by atoms with van der Waals surface area (Å²) in [4.78, 5) is 32.8. The van der Waals surface area contributed by atoms with E-state index in [0.717, 1.165) is 46.7 Å². The number of aromatic amines is 1. The van der Waals surface area contributed by atoms with E-state index in [4.69, 9.17) is 11.6 Å². The predicted octanol–water partition coefficient (Wildman–Crippen LogP) is 3.03. The first-order valence-electron chi connectivity index (χ1n) is 9.33. The molecule has 0 saturated heterocycles. The fourth-order valence-electron chi connectivity index (χ4n) is 3.79. The maximum atomic E-state index is 13.0. The van der Waals surface area contributed by atoms with E-state index in [2.05, 4.69) is 15.2 Å². The van der Waals surface area contributed by atoms with Gasteiger partial charge in [-0.2, -0.15) is 0 Å². The van der Waals surface area contributed by atoms with Gasteiger partial charge in [-0.15, -0.1) is 0 Å². The molecule has 2 aliphatic heterocycles. The average Bonchev–Trinajstić information content (AvgIpc) is 3.12. The van der Waals surface area contributed by atoms with Crippen LogP contribution < -0.4 is 5.32 Å². The number of fused-ring (bicyclic) bond motifs is 2. The third-order valence-corrected chi connectivity index (χ3v) is 5.60. The van der Waals surface area contributed by atoms with Gasteiger partial charge in [-0.3, -0.25) is 9.59 Å². The Balaban J connectivity index is 1.69. The topological polar surface area (TPSA) is 68.4 Å². The molecule has 0 radical (unpaired) electrons. The van der Waals surface area contributed by atoms with E-state index >= 15 is 0 Å². The van der Waals surface area contributed by atoms with Gasteiger partial charge in [-0.25, -0.2) is 0 Å². The molecule has 4 rings (SSSR count). The first-order chi connectivity index (χ1) is 13.3. The Morgan fingerprint density at radius 3 is 2.82 bits per heavy atom. The van der Waals surface area contributed by atoms with Gasteiger partial charge in [-0.1, -0.05) is 11.6 Å². The van der Waals surface area contributed by atoms with E-state index in [9.17, 15) is 9.59 Å². The third kappa shape index (κ3) is 3.23. The first-order valence-corrected chi connectivity index (χ1v) is 9.71. The summed E-state index contributed by atoms with van der Waals surface area (Å²) in [6, 6.07) is 5.34. The molecule has 6 nitrogen and oxygen atoms in total. The van der Waals surface area contributed by atoms with Crippen LogP contribution in [-0.2, 0) is 11.2 Å². The van der Waals surface area contributed by atoms with Crippen LogP contribution in [0.1, 0.15) is 32.9 Å². The molecule has 0 spiro atoms. The van der Waals surface area contributed by atoms with Gasteiger partial charge in [0, 0.05) is 53.7 Å². The summed E-state index contributed by atoms with van der Waals surface area (Å²) in [5.74, 6) is -0.107. The molecule has 0 saturated carbocycles. The number of rotatable bonds is 4. The lowest BCUT2D eigenvalue weighted by atomic mass is 10.0. The fourth-order valence-corrected chi connectivity index (χ4v) is 3.96. The quantitative estimate of drug-likeness (QED) is 0.778. The summed E-state index contributed by atoms with van der Waals surface area (Å²) in [6.07, 6.45) is 2.61. The molecule has 28 heavy (non-hydrogen) atoms. The van der Waals surface area contributed by atoms with Crippen LogP contribution in [0.3, 0.4) is 0 Å². The standard InChI is InChI=1S/C21H23ClN4O2/c1-12-18(11-15-14-10-13(22)4-5-16(14)24-20(15)27)23-17-6-7-26(9-8-25(2)3)21(28)19(12)17/h4-5,10-11,23H,6-9H2,1-3H3,(H,24,27). The number of likely N-dealkylation sites (N-methyl/N-ethyl adjacent to an activating group) is 1. The van der Waals surface area contributed by atoms with Gasteiger partial charge in [0.05, 0.1) is 11.1 Å². The van der Waals surface area contributed by atoms with Crippen LogP contribution in [0.4, 0.5) is 5.69 Å². The molecule has 2 aromatic rings. The molecular weight excluding hydrogens is 376 g/mol. The lowest BCUT2D eigenvalue weighted by molar-refractivity contribution is -0.110. The number of nitrogens with zero attached hydrogens (tertiary/aromatic N) is 2. The number of H-pyrrole nitrogens is 1. The van der Waals surface area contributed by atoms with Crippen molar-refractivity contribution in [1.82, 2.24) is 14.8 Å². The minimum atomic E-state index is -0.164. The lowest BCUT2D eigenvalue weighted by Crippen LogP contribution is -2.41. The van der Waals surface area contributed by atoms with Gasteiger partial charge in [0.15, 0.2) is 0 Å². The fraction of sp³-hybridized carbons (Fsp3) is 0.333. The lowest BCUT2D eigenvalue weighted by Gasteiger charge is -2.28. The molecule has 146 valence electrons. The Morgan fingerprint density at radius 1 is 1.29 bits per heavy atom. The van der Waals surface area contributed by atoms with Crippen LogP contribution in [0.2, 0.25) is 5.02 Å². The first kappa shape index (κ1) is 18.8. The highest BCUT2D eigenvalue weighted by Crippen LogP contribution is 2.36. The van der Waals surface area contributed by atoms with Gasteiger partial charge in [-0.05, 0) is 50.9 Å². The summed E-state index contributed by atoms with van der Waals surface area (Å²) in [7, 11) is 4.00. The van der Waals surface area contributed by atoms with Crippen LogP contribution >= 0.6 is 11.6 Å². The maximum Gasteiger partial charge on any atom is 0.256 e. The molecule has 2 amide bonds. The van der Waals surface area contributed by atoms with Crippen molar-refractivity contribution in [2.75, 3.05) is 39.0 Å². The van der Waals surface area contributed by atoms with Gasteiger partial charge in [0.25, 0.3) is 11.8 Å². The number of carbonyl (C=O) groups excluding carboxylic acids is 2. The molecule has 2 aliphatic rings. The molecular formula is C21H23ClN4O2. The van der Waals surface area contributed by atoms with Crippen LogP contribution in [-0.4, -0.2) is 60.3 Å². The molecule has 1 aromatic heterocycles. The van der Waals surface area contributed by atoms with E-state index in [1.807, 2.05) is 32.0 Å². The molecule has 0 atom stereocenters. The molecule has 0 aliphatic carbocycles. The monoisotopic (exact) mass is 398 g/mol. The number of aromatic nitrogens is 1. The molecule has 1 aromatic carbocycles. The molecule has 7 heteroatoms. The second kappa shape index (κ2) is 7.11. The largest absolute Gasteiger partial charge is 0.358 e. The van der Waals surface area contributed by atoms with Crippen LogP contribution in [0.15, 0.2) is 18.2 Å². The average molecular weight is 399 g/mol. The smallest absolute Gasteiger partial charge is 0.256 e. The van der Waals surface area contributed by atoms with Crippen molar-refractivity contribution in [3.8, 4) is 0 Å². The molecule has 0 fully saturated rings. The molecule has 3 heterocycles. The van der Waals surface area contributed by atoms with Gasteiger partial charge < -0.3 is 20.1 Å². The zero-order chi connectivity index (χ0) is 20.0. The van der Waals surface area contributed by atoms with E-state index in [1.165, 1.54) is 0 Å². The zero-order valence-corrected chi connectivity index (χ0v) is 17.0. The number of anilines is 1. The number of amides is 2. The minimum Gasteiger partial charge on any atom is -0.358 e. The van der Waals surface area contributed by atoms with E-state index in [-0.39, 0.29) is 11.8 Å². The molecule has 0 unspecified atom stereocenters. The summed E-state index contributed by atoms with van der Waals surface area (Å²) in [5, 5.41) is 3.44. The number of hydrogen-bond acceptors (Lipinski definition) is 3. The summed E-state index contributed by atoms with van der Waals surface area (Å²) in [5.41, 5.74) is 5.44.